The number of aryl methyl sites for hydroxylation is 1. The molecule has 0 aliphatic carbocycles. The molecule has 0 unspecified atom stereocenters. The normalized spacial score (nSPS) is 10.1. The molecule has 0 amide bonds. The van der Waals surface area contributed by atoms with Gasteiger partial charge in [0.1, 0.15) is 0 Å². The van der Waals surface area contributed by atoms with Crippen LogP contribution in [0.5, 0.6) is 0 Å². The second-order valence-electron chi connectivity index (χ2n) is 3.11. The molecule has 1 heterocycles. The molecule has 0 fully saturated rings. The number of carbonyl (C=O) groups is 1. The van der Waals surface area contributed by atoms with Crippen molar-refractivity contribution in [2.24, 2.45) is 5.90 Å². The molecule has 0 saturated carbocycles. The second-order valence-corrected chi connectivity index (χ2v) is 3.11. The number of nitrogens with zero attached hydrogens (tertiary/aromatic N) is 2. The average Bonchev–Trinajstić information content (AvgIpc) is 2.75. The van der Waals surface area contributed by atoms with Crippen LogP contribution in [-0.4, -0.2) is 16.2 Å². The summed E-state index contributed by atoms with van der Waals surface area (Å²) in [5, 5.41) is 7.54. The summed E-state index contributed by atoms with van der Waals surface area (Å²) in [5.41, 5.74) is 0.972. The van der Waals surface area contributed by atoms with Crippen molar-refractivity contribution in [2.45, 2.75) is 6.92 Å². The van der Waals surface area contributed by atoms with Crippen LogP contribution in [0.4, 0.5) is 0 Å². The van der Waals surface area contributed by atoms with Gasteiger partial charge in [-0.05, 0) is 18.2 Å². The van der Waals surface area contributed by atoms with Crippen LogP contribution in [0.2, 0.25) is 0 Å². The van der Waals surface area contributed by atoms with Crippen molar-refractivity contribution in [3.05, 3.63) is 35.7 Å². The van der Waals surface area contributed by atoms with E-state index in [2.05, 4.69) is 15.0 Å². The van der Waals surface area contributed by atoms with Gasteiger partial charge in [0, 0.05) is 12.5 Å². The Morgan fingerprint density at radius 3 is 2.88 bits per heavy atom. The van der Waals surface area contributed by atoms with Gasteiger partial charge in [-0.25, -0.2) is 4.79 Å². The molecule has 2 aromatic rings. The first kappa shape index (κ1) is 10.3. The van der Waals surface area contributed by atoms with E-state index < -0.39 is 5.97 Å². The molecular formula is C10H9N3O3. The second kappa shape index (κ2) is 4.11. The zero-order chi connectivity index (χ0) is 11.5. The van der Waals surface area contributed by atoms with Crippen LogP contribution < -0.4 is 5.90 Å². The fourth-order valence-corrected chi connectivity index (χ4v) is 1.26. The Morgan fingerprint density at radius 1 is 1.44 bits per heavy atom. The molecule has 0 radical (unpaired) electrons. The lowest BCUT2D eigenvalue weighted by atomic mass is 10.1. The topological polar surface area (TPSA) is 91.2 Å². The van der Waals surface area contributed by atoms with Crippen LogP contribution in [0.25, 0.3) is 11.5 Å². The minimum atomic E-state index is -0.613. The van der Waals surface area contributed by atoms with Crippen molar-refractivity contribution in [3.63, 3.8) is 0 Å². The quantitative estimate of drug-likeness (QED) is 0.760. The summed E-state index contributed by atoms with van der Waals surface area (Å²) in [4.78, 5) is 15.3. The number of rotatable bonds is 2. The van der Waals surface area contributed by atoms with Gasteiger partial charge in [-0.1, -0.05) is 6.07 Å². The molecule has 1 aromatic heterocycles. The van der Waals surface area contributed by atoms with Crippen LogP contribution in [0.3, 0.4) is 0 Å². The molecule has 2 rings (SSSR count). The van der Waals surface area contributed by atoms with E-state index in [1.54, 1.807) is 31.2 Å². The fourth-order valence-electron chi connectivity index (χ4n) is 1.26. The molecule has 6 nitrogen and oxygen atoms in total. The van der Waals surface area contributed by atoms with Crippen molar-refractivity contribution in [1.29, 1.82) is 0 Å². The first-order valence-corrected chi connectivity index (χ1v) is 4.52. The molecule has 0 aliphatic heterocycles. The van der Waals surface area contributed by atoms with Crippen molar-refractivity contribution in [1.82, 2.24) is 10.2 Å². The van der Waals surface area contributed by atoms with E-state index in [-0.39, 0.29) is 0 Å². The van der Waals surface area contributed by atoms with E-state index in [1.165, 1.54) is 0 Å². The molecule has 0 bridgehead atoms. The summed E-state index contributed by atoms with van der Waals surface area (Å²) in [6.45, 7) is 1.69. The minimum Gasteiger partial charge on any atom is -0.421 e. The van der Waals surface area contributed by atoms with E-state index in [0.717, 1.165) is 0 Å². The zero-order valence-electron chi connectivity index (χ0n) is 8.51. The van der Waals surface area contributed by atoms with Crippen LogP contribution >= 0.6 is 0 Å². The number of nitrogens with two attached hydrogens (primary N) is 1. The van der Waals surface area contributed by atoms with Gasteiger partial charge in [-0.15, -0.1) is 10.2 Å². The lowest BCUT2D eigenvalue weighted by Gasteiger charge is -1.99. The molecule has 0 atom stereocenters. The van der Waals surface area contributed by atoms with Crippen molar-refractivity contribution in [2.75, 3.05) is 0 Å². The fraction of sp³-hybridized carbons (Fsp3) is 0.100. The van der Waals surface area contributed by atoms with Crippen LogP contribution in [0.1, 0.15) is 16.2 Å². The summed E-state index contributed by atoms with van der Waals surface area (Å²) in [7, 11) is 0. The Morgan fingerprint density at radius 2 is 2.25 bits per heavy atom. The zero-order valence-corrected chi connectivity index (χ0v) is 8.51. The molecule has 16 heavy (non-hydrogen) atoms. The SMILES string of the molecule is Cc1nnc(-c2cccc(C(=O)ON)c2)o1. The smallest absolute Gasteiger partial charge is 0.356 e. The van der Waals surface area contributed by atoms with Crippen LogP contribution in [0.15, 0.2) is 28.7 Å². The highest BCUT2D eigenvalue weighted by atomic mass is 16.7. The molecule has 0 spiro atoms. The number of benzene rings is 1. The first-order valence-electron chi connectivity index (χ1n) is 4.52. The highest BCUT2D eigenvalue weighted by Crippen LogP contribution is 2.18. The third-order valence-electron chi connectivity index (χ3n) is 1.98. The van der Waals surface area contributed by atoms with Crippen molar-refractivity contribution >= 4 is 5.97 Å². The van der Waals surface area contributed by atoms with Gasteiger partial charge in [0.25, 0.3) is 0 Å². The maximum Gasteiger partial charge on any atom is 0.356 e. The summed E-state index contributed by atoms with van der Waals surface area (Å²) in [6, 6.07) is 6.59. The molecular weight excluding hydrogens is 210 g/mol. The Labute approximate surface area is 91.0 Å². The summed E-state index contributed by atoms with van der Waals surface area (Å²) in [6.07, 6.45) is 0. The highest BCUT2D eigenvalue weighted by Gasteiger charge is 2.10. The van der Waals surface area contributed by atoms with E-state index in [1.807, 2.05) is 0 Å². The summed E-state index contributed by atoms with van der Waals surface area (Å²) < 4.78 is 5.23. The third-order valence-corrected chi connectivity index (χ3v) is 1.98. The molecule has 1 aromatic carbocycles. The number of hydrogen-bond donors (Lipinski definition) is 1. The molecule has 0 aliphatic rings. The van der Waals surface area contributed by atoms with Gasteiger partial charge in [0.2, 0.25) is 11.8 Å². The summed E-state index contributed by atoms with van der Waals surface area (Å²) in [5.74, 6) is 4.99. The lowest BCUT2D eigenvalue weighted by molar-refractivity contribution is 0.0503. The van der Waals surface area contributed by atoms with E-state index in [9.17, 15) is 4.79 Å². The van der Waals surface area contributed by atoms with Gasteiger partial charge >= 0.3 is 5.97 Å². The number of hydrogen-bond acceptors (Lipinski definition) is 6. The standard InChI is InChI=1S/C10H9N3O3/c1-6-12-13-9(15-6)7-3-2-4-8(5-7)10(14)16-11/h2-5H,11H2,1H3. The molecule has 2 N–H and O–H groups in total. The summed E-state index contributed by atoms with van der Waals surface area (Å²) >= 11 is 0. The maximum atomic E-state index is 11.2. The first-order chi connectivity index (χ1) is 7.70. The van der Waals surface area contributed by atoms with Crippen molar-refractivity contribution in [3.8, 4) is 11.5 Å². The van der Waals surface area contributed by atoms with Gasteiger partial charge in [0.05, 0.1) is 5.56 Å². The lowest BCUT2D eigenvalue weighted by Crippen LogP contribution is -2.09. The largest absolute Gasteiger partial charge is 0.421 e. The third kappa shape index (κ3) is 1.91. The Bertz CT molecular complexity index is 522. The monoisotopic (exact) mass is 219 g/mol. The van der Waals surface area contributed by atoms with E-state index >= 15 is 0 Å². The Kier molecular flexibility index (Phi) is 2.65. The predicted octanol–water partition coefficient (Wildman–Crippen LogP) is 1.08. The minimum absolute atomic E-state index is 0.329. The average molecular weight is 219 g/mol. The number of aromatic nitrogens is 2. The van der Waals surface area contributed by atoms with Gasteiger partial charge in [-0.3, -0.25) is 0 Å². The molecule has 0 saturated heterocycles. The molecule has 6 heteroatoms. The van der Waals surface area contributed by atoms with E-state index in [4.69, 9.17) is 10.3 Å². The van der Waals surface area contributed by atoms with Gasteiger partial charge in [0.15, 0.2) is 0 Å². The highest BCUT2D eigenvalue weighted by molar-refractivity contribution is 5.90. The maximum absolute atomic E-state index is 11.2. The van der Waals surface area contributed by atoms with E-state index in [0.29, 0.717) is 22.9 Å². The van der Waals surface area contributed by atoms with Crippen molar-refractivity contribution < 1.29 is 14.0 Å². The predicted molar refractivity (Wildman–Crippen MR) is 54.1 cm³/mol. The van der Waals surface area contributed by atoms with Gasteiger partial charge in [-0.2, -0.15) is 5.90 Å². The van der Waals surface area contributed by atoms with Gasteiger partial charge < -0.3 is 9.25 Å². The number of carbonyl (C=O) groups excluding carboxylic acids is 1. The van der Waals surface area contributed by atoms with Crippen LogP contribution in [-0.2, 0) is 4.84 Å². The Hall–Kier alpha value is -2.21. The Balaban J connectivity index is 2.39. The molecule has 82 valence electrons. The van der Waals surface area contributed by atoms with Crippen LogP contribution in [0, 0.1) is 6.92 Å².